The Morgan fingerprint density at radius 2 is 2.14 bits per heavy atom. The number of carbonyl (C=O) groups excluding carboxylic acids is 1. The molecule has 0 bridgehead atoms. The first-order valence-electron chi connectivity index (χ1n) is 9.84. The van der Waals surface area contributed by atoms with Crippen molar-refractivity contribution in [3.8, 4) is 0 Å². The minimum Gasteiger partial charge on any atom is -0.341 e. The molecule has 1 saturated heterocycles. The number of aromatic nitrogens is 1. The number of thiazole rings is 1. The van der Waals surface area contributed by atoms with E-state index in [0.717, 1.165) is 28.1 Å². The molecule has 1 N–H and O–H groups in total. The standard InChI is InChI=1S/C20H29N3O3S2/c1-13(2)10-18(20(24)23-9-5-6-14(3)12-23)22-28(25,26)16-7-8-17-19(11-16)27-15(4)21-17/h7-8,11,13-14,18,22H,5-6,9-10,12H2,1-4H3/t14-,18+/m1/s1. The van der Waals surface area contributed by atoms with E-state index in [1.807, 2.05) is 25.7 Å². The number of piperidine rings is 1. The number of amides is 1. The molecule has 3 rings (SSSR count). The van der Waals surface area contributed by atoms with Crippen LogP contribution in [0.4, 0.5) is 0 Å². The van der Waals surface area contributed by atoms with Crippen LogP contribution in [0.1, 0.15) is 45.0 Å². The third-order valence-corrected chi connectivity index (χ3v) is 7.45. The Hall–Kier alpha value is -1.51. The summed E-state index contributed by atoms with van der Waals surface area (Å²) >= 11 is 1.46. The molecule has 6 nitrogen and oxygen atoms in total. The number of aryl methyl sites for hydroxylation is 1. The number of nitrogens with zero attached hydrogens (tertiary/aromatic N) is 2. The van der Waals surface area contributed by atoms with Gasteiger partial charge in [-0.05, 0) is 56.2 Å². The first-order valence-corrected chi connectivity index (χ1v) is 12.1. The fourth-order valence-corrected chi connectivity index (χ4v) is 5.89. The van der Waals surface area contributed by atoms with E-state index in [0.29, 0.717) is 25.4 Å². The van der Waals surface area contributed by atoms with Crippen LogP contribution in [0.25, 0.3) is 10.2 Å². The number of rotatable bonds is 6. The van der Waals surface area contributed by atoms with Gasteiger partial charge in [0, 0.05) is 13.1 Å². The van der Waals surface area contributed by atoms with Crippen LogP contribution in [0, 0.1) is 18.8 Å². The van der Waals surface area contributed by atoms with Gasteiger partial charge >= 0.3 is 0 Å². The van der Waals surface area contributed by atoms with Crippen LogP contribution < -0.4 is 4.72 Å². The lowest BCUT2D eigenvalue weighted by atomic mass is 9.98. The molecule has 1 aromatic heterocycles. The highest BCUT2D eigenvalue weighted by molar-refractivity contribution is 7.89. The first-order chi connectivity index (χ1) is 13.2. The van der Waals surface area contributed by atoms with Gasteiger partial charge < -0.3 is 4.90 Å². The topological polar surface area (TPSA) is 79.4 Å². The Labute approximate surface area is 171 Å². The van der Waals surface area contributed by atoms with Crippen molar-refractivity contribution in [2.75, 3.05) is 13.1 Å². The zero-order valence-electron chi connectivity index (χ0n) is 16.9. The average molecular weight is 424 g/mol. The van der Waals surface area contributed by atoms with Crippen molar-refractivity contribution in [1.29, 1.82) is 0 Å². The van der Waals surface area contributed by atoms with Crippen molar-refractivity contribution in [3.05, 3.63) is 23.2 Å². The van der Waals surface area contributed by atoms with Gasteiger partial charge in [-0.2, -0.15) is 4.72 Å². The van der Waals surface area contributed by atoms with Crippen molar-refractivity contribution in [2.24, 2.45) is 11.8 Å². The molecule has 1 amide bonds. The lowest BCUT2D eigenvalue weighted by Crippen LogP contribution is -2.51. The van der Waals surface area contributed by atoms with Crippen molar-refractivity contribution in [3.63, 3.8) is 0 Å². The maximum atomic E-state index is 13.1. The summed E-state index contributed by atoms with van der Waals surface area (Å²) in [5, 5.41) is 0.893. The van der Waals surface area contributed by atoms with Crippen molar-refractivity contribution < 1.29 is 13.2 Å². The van der Waals surface area contributed by atoms with Crippen LogP contribution >= 0.6 is 11.3 Å². The number of hydrogen-bond donors (Lipinski definition) is 1. The van der Waals surface area contributed by atoms with Crippen LogP contribution in [0.3, 0.4) is 0 Å². The second-order valence-corrected chi connectivity index (χ2v) is 11.1. The molecule has 0 aliphatic carbocycles. The fourth-order valence-electron chi connectivity index (χ4n) is 3.72. The molecule has 28 heavy (non-hydrogen) atoms. The zero-order valence-corrected chi connectivity index (χ0v) is 18.6. The number of carbonyl (C=O) groups is 1. The normalized spacial score (nSPS) is 19.3. The van der Waals surface area contributed by atoms with Crippen molar-refractivity contribution in [1.82, 2.24) is 14.6 Å². The van der Waals surface area contributed by atoms with Gasteiger partial charge in [0.2, 0.25) is 15.9 Å². The molecule has 0 radical (unpaired) electrons. The number of hydrogen-bond acceptors (Lipinski definition) is 5. The summed E-state index contributed by atoms with van der Waals surface area (Å²) in [6.07, 6.45) is 2.55. The molecule has 0 spiro atoms. The highest BCUT2D eigenvalue weighted by atomic mass is 32.2. The van der Waals surface area contributed by atoms with E-state index >= 15 is 0 Å². The van der Waals surface area contributed by atoms with Crippen LogP contribution in [-0.2, 0) is 14.8 Å². The molecule has 0 saturated carbocycles. The quantitative estimate of drug-likeness (QED) is 0.770. The predicted molar refractivity (Wildman–Crippen MR) is 113 cm³/mol. The molecule has 1 fully saturated rings. The number of sulfonamides is 1. The highest BCUT2D eigenvalue weighted by Gasteiger charge is 2.31. The van der Waals surface area contributed by atoms with Crippen LogP contribution in [0.5, 0.6) is 0 Å². The Bertz CT molecular complexity index is 953. The second-order valence-electron chi connectivity index (χ2n) is 8.20. The summed E-state index contributed by atoms with van der Waals surface area (Å²) in [6, 6.07) is 4.18. The molecule has 1 aliphatic rings. The summed E-state index contributed by atoms with van der Waals surface area (Å²) in [6.45, 7) is 9.42. The van der Waals surface area contributed by atoms with E-state index in [-0.39, 0.29) is 16.7 Å². The summed E-state index contributed by atoms with van der Waals surface area (Å²) in [5.74, 6) is 0.537. The van der Waals surface area contributed by atoms with Gasteiger partial charge in [-0.15, -0.1) is 11.3 Å². The molecule has 154 valence electrons. The molecule has 0 unspecified atom stereocenters. The third kappa shape index (κ3) is 4.90. The molecule has 1 aliphatic heterocycles. The Morgan fingerprint density at radius 3 is 2.82 bits per heavy atom. The molecular weight excluding hydrogens is 394 g/mol. The molecule has 8 heteroatoms. The van der Waals surface area contributed by atoms with Crippen LogP contribution in [-0.4, -0.2) is 43.3 Å². The van der Waals surface area contributed by atoms with Gasteiger partial charge in [-0.3, -0.25) is 4.79 Å². The minimum absolute atomic E-state index is 0.112. The summed E-state index contributed by atoms with van der Waals surface area (Å²) < 4.78 is 29.6. The Kier molecular flexibility index (Phi) is 6.41. The third-order valence-electron chi connectivity index (χ3n) is 5.05. The first kappa shape index (κ1) is 21.2. The molecule has 2 atom stereocenters. The van der Waals surface area contributed by atoms with Crippen LogP contribution in [0.2, 0.25) is 0 Å². The molecular formula is C20H29N3O3S2. The highest BCUT2D eigenvalue weighted by Crippen LogP contribution is 2.25. The van der Waals surface area contributed by atoms with Crippen LogP contribution in [0.15, 0.2) is 23.1 Å². The monoisotopic (exact) mass is 423 g/mol. The fraction of sp³-hybridized carbons (Fsp3) is 0.600. The summed E-state index contributed by atoms with van der Waals surface area (Å²) in [5.41, 5.74) is 0.790. The maximum Gasteiger partial charge on any atom is 0.241 e. The lowest BCUT2D eigenvalue weighted by Gasteiger charge is -2.34. The summed E-state index contributed by atoms with van der Waals surface area (Å²) in [4.78, 5) is 19.5. The average Bonchev–Trinajstić information content (AvgIpc) is 2.99. The van der Waals surface area contributed by atoms with Gasteiger partial charge in [0.1, 0.15) is 6.04 Å². The van der Waals surface area contributed by atoms with Crippen molar-refractivity contribution in [2.45, 2.75) is 57.9 Å². The van der Waals surface area contributed by atoms with Gasteiger partial charge in [0.05, 0.1) is 20.1 Å². The van der Waals surface area contributed by atoms with E-state index in [2.05, 4.69) is 16.6 Å². The Morgan fingerprint density at radius 1 is 1.39 bits per heavy atom. The number of fused-ring (bicyclic) bond motifs is 1. The Balaban J connectivity index is 1.84. The number of nitrogens with one attached hydrogen (secondary N) is 1. The van der Waals surface area contributed by atoms with E-state index in [9.17, 15) is 13.2 Å². The zero-order chi connectivity index (χ0) is 20.5. The number of benzene rings is 1. The van der Waals surface area contributed by atoms with Gasteiger partial charge in [0.25, 0.3) is 0 Å². The largest absolute Gasteiger partial charge is 0.341 e. The summed E-state index contributed by atoms with van der Waals surface area (Å²) in [7, 11) is -3.80. The SMILES string of the molecule is Cc1nc2ccc(S(=O)(=O)N[C@@H](CC(C)C)C(=O)N3CCC[C@@H](C)C3)cc2s1. The number of likely N-dealkylation sites (tertiary alicyclic amines) is 1. The minimum atomic E-state index is -3.80. The maximum absolute atomic E-state index is 13.1. The van der Waals surface area contributed by atoms with E-state index in [1.54, 1.807) is 18.2 Å². The van der Waals surface area contributed by atoms with Crippen molar-refractivity contribution >= 4 is 37.5 Å². The lowest BCUT2D eigenvalue weighted by molar-refractivity contribution is -0.135. The smallest absolute Gasteiger partial charge is 0.241 e. The molecule has 1 aromatic carbocycles. The van der Waals surface area contributed by atoms with E-state index in [1.165, 1.54) is 11.3 Å². The van der Waals surface area contributed by atoms with E-state index < -0.39 is 16.1 Å². The predicted octanol–water partition coefficient (Wildman–Crippen LogP) is 3.56. The van der Waals surface area contributed by atoms with E-state index in [4.69, 9.17) is 0 Å². The molecule has 2 heterocycles. The molecule has 2 aromatic rings. The van der Waals surface area contributed by atoms with Gasteiger partial charge in [0.15, 0.2) is 0 Å². The van der Waals surface area contributed by atoms with Gasteiger partial charge in [-0.1, -0.05) is 20.8 Å². The second kappa shape index (κ2) is 8.47. The van der Waals surface area contributed by atoms with Gasteiger partial charge in [-0.25, -0.2) is 13.4 Å².